The second-order valence-electron chi connectivity index (χ2n) is 5.62. The van der Waals surface area contributed by atoms with Crippen LogP contribution in [0.2, 0.25) is 5.02 Å². The molecule has 1 N–H and O–H groups in total. The summed E-state index contributed by atoms with van der Waals surface area (Å²) in [5, 5.41) is 3.40. The molecule has 0 unspecified atom stereocenters. The van der Waals surface area contributed by atoms with Gasteiger partial charge in [0, 0.05) is 5.02 Å². The quantitative estimate of drug-likeness (QED) is 0.797. The molecule has 0 spiro atoms. The summed E-state index contributed by atoms with van der Waals surface area (Å²) < 4.78 is 10.2. The molecule has 0 aliphatic carbocycles. The molecule has 1 atom stereocenters. The van der Waals surface area contributed by atoms with Crippen molar-refractivity contribution in [3.05, 3.63) is 64.2 Å². The molecule has 0 aliphatic rings. The molecule has 2 aromatic rings. The van der Waals surface area contributed by atoms with E-state index in [2.05, 4.69) is 5.32 Å². The largest absolute Gasteiger partial charge is 0.496 e. The van der Waals surface area contributed by atoms with Crippen LogP contribution >= 0.6 is 11.6 Å². The summed E-state index contributed by atoms with van der Waals surface area (Å²) in [5.41, 5.74) is 2.10. The van der Waals surface area contributed by atoms with Crippen LogP contribution in [0.15, 0.2) is 42.5 Å². The number of esters is 1. The normalized spacial score (nSPS) is 11.5. The van der Waals surface area contributed by atoms with Gasteiger partial charge in [0.2, 0.25) is 0 Å². The maximum atomic E-state index is 12.2. The molecule has 0 saturated heterocycles. The summed E-state index contributed by atoms with van der Waals surface area (Å²) in [6.45, 7) is 3.33. The summed E-state index contributed by atoms with van der Waals surface area (Å²) >= 11 is 5.85. The molecular formula is C19H20ClNO4. The topological polar surface area (TPSA) is 64.6 Å². The molecule has 0 saturated carbocycles. The highest BCUT2D eigenvalue weighted by Gasteiger charge is 2.16. The Morgan fingerprint density at radius 3 is 2.48 bits per heavy atom. The Kier molecular flexibility index (Phi) is 6.42. The van der Waals surface area contributed by atoms with E-state index >= 15 is 0 Å². The number of hydrogen-bond donors (Lipinski definition) is 1. The van der Waals surface area contributed by atoms with Crippen LogP contribution in [0, 0.1) is 6.92 Å². The SMILES string of the molecule is COc1ccc(C)cc1C(=O)OCC(=O)N[C@H](C)c1ccc(Cl)cc1. The third-order valence-electron chi connectivity index (χ3n) is 3.66. The molecule has 2 aromatic carbocycles. The van der Waals surface area contributed by atoms with E-state index in [1.54, 1.807) is 24.3 Å². The van der Waals surface area contributed by atoms with Gasteiger partial charge in [-0.1, -0.05) is 35.4 Å². The minimum atomic E-state index is -0.602. The van der Waals surface area contributed by atoms with E-state index in [0.29, 0.717) is 16.3 Å². The van der Waals surface area contributed by atoms with Crippen molar-refractivity contribution < 1.29 is 19.1 Å². The molecule has 0 heterocycles. The van der Waals surface area contributed by atoms with Gasteiger partial charge in [0.25, 0.3) is 5.91 Å². The molecule has 0 fully saturated rings. The molecule has 0 aliphatic heterocycles. The maximum absolute atomic E-state index is 12.2. The fourth-order valence-corrected chi connectivity index (χ4v) is 2.43. The van der Waals surface area contributed by atoms with Gasteiger partial charge in [0.1, 0.15) is 11.3 Å². The first kappa shape index (κ1) is 18.8. The fraction of sp³-hybridized carbons (Fsp3) is 0.263. The van der Waals surface area contributed by atoms with Crippen LogP contribution in [0.4, 0.5) is 0 Å². The predicted molar refractivity (Wildman–Crippen MR) is 96.0 cm³/mol. The highest BCUT2D eigenvalue weighted by atomic mass is 35.5. The van der Waals surface area contributed by atoms with Crippen LogP contribution in [0.3, 0.4) is 0 Å². The van der Waals surface area contributed by atoms with Crippen molar-refractivity contribution in [2.45, 2.75) is 19.9 Å². The van der Waals surface area contributed by atoms with Crippen molar-refractivity contribution in [3.8, 4) is 5.75 Å². The van der Waals surface area contributed by atoms with E-state index in [0.717, 1.165) is 11.1 Å². The number of carbonyl (C=O) groups is 2. The van der Waals surface area contributed by atoms with E-state index in [9.17, 15) is 9.59 Å². The van der Waals surface area contributed by atoms with E-state index in [4.69, 9.17) is 21.1 Å². The van der Waals surface area contributed by atoms with E-state index in [-0.39, 0.29) is 18.6 Å². The second kappa shape index (κ2) is 8.53. The van der Waals surface area contributed by atoms with Gasteiger partial charge in [-0.3, -0.25) is 4.79 Å². The van der Waals surface area contributed by atoms with Gasteiger partial charge in [-0.15, -0.1) is 0 Å². The molecule has 5 nitrogen and oxygen atoms in total. The molecule has 0 radical (unpaired) electrons. The number of amides is 1. The predicted octanol–water partition coefficient (Wildman–Crippen LogP) is 3.69. The number of methoxy groups -OCH3 is 1. The van der Waals surface area contributed by atoms with Gasteiger partial charge in [-0.2, -0.15) is 0 Å². The van der Waals surface area contributed by atoms with Crippen LogP contribution in [-0.4, -0.2) is 25.6 Å². The number of aryl methyl sites for hydroxylation is 1. The fourth-order valence-electron chi connectivity index (χ4n) is 2.31. The molecule has 1 amide bonds. The number of benzene rings is 2. The van der Waals surface area contributed by atoms with Crippen LogP contribution in [0.25, 0.3) is 0 Å². The summed E-state index contributed by atoms with van der Waals surface area (Å²) in [5.74, 6) is -0.581. The zero-order valence-corrected chi connectivity index (χ0v) is 15.1. The Balaban J connectivity index is 1.92. The molecule has 132 valence electrons. The van der Waals surface area contributed by atoms with Crippen LogP contribution in [0.1, 0.15) is 34.5 Å². The lowest BCUT2D eigenvalue weighted by Gasteiger charge is -2.15. The molecule has 0 bridgehead atoms. The highest BCUT2D eigenvalue weighted by Crippen LogP contribution is 2.20. The van der Waals surface area contributed by atoms with Crippen molar-refractivity contribution in [3.63, 3.8) is 0 Å². The van der Waals surface area contributed by atoms with E-state index < -0.39 is 5.97 Å². The first-order valence-corrected chi connectivity index (χ1v) is 8.15. The van der Waals surface area contributed by atoms with Crippen molar-refractivity contribution >= 4 is 23.5 Å². The maximum Gasteiger partial charge on any atom is 0.342 e. The summed E-state index contributed by atoms with van der Waals surface area (Å²) in [4.78, 5) is 24.2. The van der Waals surface area contributed by atoms with Gasteiger partial charge in [-0.25, -0.2) is 4.79 Å². The van der Waals surface area contributed by atoms with Crippen LogP contribution in [0.5, 0.6) is 5.75 Å². The summed E-state index contributed by atoms with van der Waals surface area (Å²) in [7, 11) is 1.47. The number of halogens is 1. The average Bonchev–Trinajstić information content (AvgIpc) is 2.60. The Bertz CT molecular complexity index is 759. The first-order chi connectivity index (χ1) is 11.9. The third-order valence-corrected chi connectivity index (χ3v) is 3.91. The molecule has 6 heteroatoms. The third kappa shape index (κ3) is 5.22. The van der Waals surface area contributed by atoms with Crippen molar-refractivity contribution in [1.82, 2.24) is 5.32 Å². The molecule has 2 rings (SSSR count). The lowest BCUT2D eigenvalue weighted by molar-refractivity contribution is -0.124. The minimum Gasteiger partial charge on any atom is -0.496 e. The second-order valence-corrected chi connectivity index (χ2v) is 6.06. The van der Waals surface area contributed by atoms with Crippen molar-refractivity contribution in [2.24, 2.45) is 0 Å². The summed E-state index contributed by atoms with van der Waals surface area (Å²) in [6, 6.07) is 12.1. The lowest BCUT2D eigenvalue weighted by atomic mass is 10.1. The Morgan fingerprint density at radius 2 is 1.84 bits per heavy atom. The van der Waals surface area contributed by atoms with Gasteiger partial charge in [0.05, 0.1) is 13.2 Å². The Labute approximate surface area is 151 Å². The number of nitrogens with one attached hydrogen (secondary N) is 1. The van der Waals surface area contributed by atoms with Gasteiger partial charge in [0.15, 0.2) is 6.61 Å². The summed E-state index contributed by atoms with van der Waals surface area (Å²) in [6.07, 6.45) is 0. The molecular weight excluding hydrogens is 342 g/mol. The first-order valence-electron chi connectivity index (χ1n) is 7.77. The van der Waals surface area contributed by atoms with Gasteiger partial charge < -0.3 is 14.8 Å². The standard InChI is InChI=1S/C19H20ClNO4/c1-12-4-9-17(24-3)16(10-12)19(23)25-11-18(22)21-13(2)14-5-7-15(20)8-6-14/h4-10,13H,11H2,1-3H3,(H,21,22)/t13-/m1/s1. The average molecular weight is 362 g/mol. The van der Waals surface area contributed by atoms with Crippen molar-refractivity contribution in [2.75, 3.05) is 13.7 Å². The molecule has 0 aromatic heterocycles. The van der Waals surface area contributed by atoms with E-state index in [1.807, 2.05) is 32.0 Å². The number of hydrogen-bond acceptors (Lipinski definition) is 4. The smallest absolute Gasteiger partial charge is 0.342 e. The number of ether oxygens (including phenoxy) is 2. The Morgan fingerprint density at radius 1 is 1.16 bits per heavy atom. The van der Waals surface area contributed by atoms with Gasteiger partial charge >= 0.3 is 5.97 Å². The van der Waals surface area contributed by atoms with E-state index in [1.165, 1.54) is 7.11 Å². The molecule has 25 heavy (non-hydrogen) atoms. The minimum absolute atomic E-state index is 0.225. The zero-order chi connectivity index (χ0) is 18.4. The number of carbonyl (C=O) groups excluding carboxylic acids is 2. The zero-order valence-electron chi connectivity index (χ0n) is 14.3. The van der Waals surface area contributed by atoms with Gasteiger partial charge in [-0.05, 0) is 43.7 Å². The lowest BCUT2D eigenvalue weighted by Crippen LogP contribution is -2.31. The number of rotatable bonds is 6. The monoisotopic (exact) mass is 361 g/mol. The highest BCUT2D eigenvalue weighted by molar-refractivity contribution is 6.30. The van der Waals surface area contributed by atoms with Crippen LogP contribution < -0.4 is 10.1 Å². The van der Waals surface area contributed by atoms with Crippen molar-refractivity contribution in [1.29, 1.82) is 0 Å². The Hall–Kier alpha value is -2.53. The van der Waals surface area contributed by atoms with Crippen LogP contribution in [-0.2, 0) is 9.53 Å².